The second kappa shape index (κ2) is 11.5. The zero-order valence-corrected chi connectivity index (χ0v) is 19.1. The molecule has 1 amide bonds. The van der Waals surface area contributed by atoms with Gasteiger partial charge in [-0.05, 0) is 50.8 Å². The standard InChI is InChI=1S/C20H32N4O2.HI/c1-5-15(2)24-18(25)17-9-6-8-16(12-17)13-22-19(21-4)23-14-20(3)10-7-11-26-20;/h6,8-9,12,15H,5,7,10-11,13-14H2,1-4H3,(H,24,25)(H2,21,22,23);1H. The molecule has 1 aliphatic heterocycles. The molecule has 1 aromatic rings. The molecule has 7 heteroatoms. The van der Waals surface area contributed by atoms with E-state index in [0.29, 0.717) is 12.1 Å². The number of benzene rings is 1. The Bertz CT molecular complexity index is 630. The van der Waals surface area contributed by atoms with Crippen LogP contribution in [0.5, 0.6) is 0 Å². The van der Waals surface area contributed by atoms with Gasteiger partial charge in [-0.25, -0.2) is 0 Å². The van der Waals surface area contributed by atoms with E-state index < -0.39 is 0 Å². The van der Waals surface area contributed by atoms with E-state index >= 15 is 0 Å². The molecule has 0 spiro atoms. The molecule has 2 rings (SSSR count). The summed E-state index contributed by atoms with van der Waals surface area (Å²) in [4.78, 5) is 16.5. The highest BCUT2D eigenvalue weighted by Crippen LogP contribution is 2.23. The molecular weight excluding hydrogens is 455 g/mol. The number of nitrogens with one attached hydrogen (secondary N) is 3. The Morgan fingerprint density at radius 2 is 2.15 bits per heavy atom. The van der Waals surface area contributed by atoms with Gasteiger partial charge in [0.1, 0.15) is 0 Å². The molecule has 0 aromatic heterocycles. The number of halogens is 1. The summed E-state index contributed by atoms with van der Waals surface area (Å²) in [5, 5.41) is 9.62. The minimum absolute atomic E-state index is 0. The van der Waals surface area contributed by atoms with Gasteiger partial charge in [0.25, 0.3) is 5.91 Å². The molecule has 0 aliphatic carbocycles. The fraction of sp³-hybridized carbons (Fsp3) is 0.600. The third kappa shape index (κ3) is 7.65. The summed E-state index contributed by atoms with van der Waals surface area (Å²) in [6, 6.07) is 7.84. The van der Waals surface area contributed by atoms with Crippen LogP contribution in [0, 0.1) is 0 Å². The van der Waals surface area contributed by atoms with E-state index in [-0.39, 0.29) is 41.5 Å². The van der Waals surface area contributed by atoms with Gasteiger partial charge < -0.3 is 20.7 Å². The average molecular weight is 488 g/mol. The van der Waals surface area contributed by atoms with Crippen LogP contribution in [-0.4, -0.2) is 43.7 Å². The molecule has 1 aromatic carbocycles. The molecule has 27 heavy (non-hydrogen) atoms. The van der Waals surface area contributed by atoms with E-state index in [1.807, 2.05) is 31.2 Å². The molecule has 1 fully saturated rings. The molecule has 3 N–H and O–H groups in total. The number of amides is 1. The zero-order chi connectivity index (χ0) is 19.0. The quantitative estimate of drug-likeness (QED) is 0.314. The third-order valence-electron chi connectivity index (χ3n) is 4.79. The maximum atomic E-state index is 12.3. The molecule has 2 unspecified atom stereocenters. The molecule has 2 atom stereocenters. The number of guanidine groups is 1. The summed E-state index contributed by atoms with van der Waals surface area (Å²) in [6.07, 6.45) is 3.08. The van der Waals surface area contributed by atoms with Crippen molar-refractivity contribution in [1.82, 2.24) is 16.0 Å². The predicted molar refractivity (Wildman–Crippen MR) is 121 cm³/mol. The van der Waals surface area contributed by atoms with Gasteiger partial charge in [-0.15, -0.1) is 24.0 Å². The lowest BCUT2D eigenvalue weighted by Gasteiger charge is -2.24. The highest BCUT2D eigenvalue weighted by atomic mass is 127. The average Bonchev–Trinajstić information content (AvgIpc) is 3.08. The summed E-state index contributed by atoms with van der Waals surface area (Å²) in [6.45, 7) is 8.34. The molecule has 1 saturated heterocycles. The first-order chi connectivity index (χ1) is 12.5. The van der Waals surface area contributed by atoms with E-state index in [4.69, 9.17) is 4.74 Å². The fourth-order valence-corrected chi connectivity index (χ4v) is 2.89. The Labute approximate surface area is 179 Å². The van der Waals surface area contributed by atoms with Crippen molar-refractivity contribution in [2.24, 2.45) is 4.99 Å². The molecular formula is C20H33IN4O2. The summed E-state index contributed by atoms with van der Waals surface area (Å²) in [5.41, 5.74) is 1.60. The van der Waals surface area contributed by atoms with Gasteiger partial charge in [0.2, 0.25) is 0 Å². The summed E-state index contributed by atoms with van der Waals surface area (Å²) in [5.74, 6) is 0.700. The van der Waals surface area contributed by atoms with Crippen LogP contribution in [0.4, 0.5) is 0 Å². The number of ether oxygens (including phenoxy) is 1. The van der Waals surface area contributed by atoms with Crippen LogP contribution in [0.15, 0.2) is 29.3 Å². The highest BCUT2D eigenvalue weighted by molar-refractivity contribution is 14.0. The first kappa shape index (κ1) is 23.7. The van der Waals surface area contributed by atoms with Crippen LogP contribution in [0.2, 0.25) is 0 Å². The van der Waals surface area contributed by atoms with E-state index in [0.717, 1.165) is 43.9 Å². The van der Waals surface area contributed by atoms with Crippen molar-refractivity contribution in [2.45, 2.75) is 58.2 Å². The number of hydrogen-bond donors (Lipinski definition) is 3. The molecule has 0 saturated carbocycles. The Morgan fingerprint density at radius 1 is 1.37 bits per heavy atom. The number of nitrogens with zero attached hydrogens (tertiary/aromatic N) is 1. The largest absolute Gasteiger partial charge is 0.373 e. The van der Waals surface area contributed by atoms with Crippen LogP contribution in [0.25, 0.3) is 0 Å². The van der Waals surface area contributed by atoms with Crippen LogP contribution < -0.4 is 16.0 Å². The lowest BCUT2D eigenvalue weighted by Crippen LogP contribution is -2.45. The highest BCUT2D eigenvalue weighted by Gasteiger charge is 2.29. The van der Waals surface area contributed by atoms with Crippen molar-refractivity contribution < 1.29 is 9.53 Å². The molecule has 0 radical (unpaired) electrons. The van der Waals surface area contributed by atoms with Crippen LogP contribution in [0.1, 0.15) is 56.0 Å². The molecule has 0 bridgehead atoms. The second-order valence-corrected chi connectivity index (χ2v) is 7.16. The van der Waals surface area contributed by atoms with E-state index in [1.165, 1.54) is 0 Å². The predicted octanol–water partition coefficient (Wildman–Crippen LogP) is 3.07. The molecule has 1 heterocycles. The Kier molecular flexibility index (Phi) is 10.1. The van der Waals surface area contributed by atoms with Gasteiger partial charge in [-0.1, -0.05) is 19.1 Å². The maximum Gasteiger partial charge on any atom is 0.251 e. The molecule has 6 nitrogen and oxygen atoms in total. The molecule has 1 aliphatic rings. The lowest BCUT2D eigenvalue weighted by atomic mass is 10.0. The van der Waals surface area contributed by atoms with Crippen molar-refractivity contribution >= 4 is 35.8 Å². The van der Waals surface area contributed by atoms with Gasteiger partial charge in [0, 0.05) is 38.3 Å². The van der Waals surface area contributed by atoms with Gasteiger partial charge in [0.05, 0.1) is 5.60 Å². The van der Waals surface area contributed by atoms with Crippen molar-refractivity contribution in [1.29, 1.82) is 0 Å². The fourth-order valence-electron chi connectivity index (χ4n) is 2.89. The van der Waals surface area contributed by atoms with Crippen molar-refractivity contribution in [3.05, 3.63) is 35.4 Å². The first-order valence-electron chi connectivity index (χ1n) is 9.44. The van der Waals surface area contributed by atoms with Crippen molar-refractivity contribution in [3.8, 4) is 0 Å². The normalized spacial score (nSPS) is 20.5. The second-order valence-electron chi connectivity index (χ2n) is 7.16. The van der Waals surface area contributed by atoms with Gasteiger partial charge in [0.15, 0.2) is 5.96 Å². The Morgan fingerprint density at radius 3 is 2.78 bits per heavy atom. The SMILES string of the molecule is CCC(C)NC(=O)c1cccc(CNC(=NC)NCC2(C)CCCO2)c1.I. The smallest absolute Gasteiger partial charge is 0.251 e. The van der Waals surface area contributed by atoms with Crippen molar-refractivity contribution in [2.75, 3.05) is 20.2 Å². The van der Waals surface area contributed by atoms with Crippen molar-refractivity contribution in [3.63, 3.8) is 0 Å². The van der Waals surface area contributed by atoms with Crippen LogP contribution in [0.3, 0.4) is 0 Å². The summed E-state index contributed by atoms with van der Waals surface area (Å²) in [7, 11) is 1.75. The zero-order valence-electron chi connectivity index (χ0n) is 16.8. The minimum atomic E-state index is -0.119. The molecule has 152 valence electrons. The summed E-state index contributed by atoms with van der Waals surface area (Å²) >= 11 is 0. The monoisotopic (exact) mass is 488 g/mol. The minimum Gasteiger partial charge on any atom is -0.373 e. The number of carbonyl (C=O) groups excluding carboxylic acids is 1. The van der Waals surface area contributed by atoms with E-state index in [2.05, 4.69) is 34.8 Å². The third-order valence-corrected chi connectivity index (χ3v) is 4.79. The van der Waals surface area contributed by atoms with E-state index in [9.17, 15) is 4.79 Å². The Hall–Kier alpha value is -1.35. The first-order valence-corrected chi connectivity index (χ1v) is 9.44. The van der Waals surface area contributed by atoms with Gasteiger partial charge in [-0.2, -0.15) is 0 Å². The summed E-state index contributed by atoms with van der Waals surface area (Å²) < 4.78 is 5.79. The Balaban J connectivity index is 0.00000364. The van der Waals surface area contributed by atoms with Gasteiger partial charge in [-0.3, -0.25) is 9.79 Å². The lowest BCUT2D eigenvalue weighted by molar-refractivity contribution is 0.0243. The van der Waals surface area contributed by atoms with E-state index in [1.54, 1.807) is 7.05 Å². The van der Waals surface area contributed by atoms with Crippen LogP contribution in [-0.2, 0) is 11.3 Å². The number of aliphatic imine (C=N–C) groups is 1. The topological polar surface area (TPSA) is 74.8 Å². The van der Waals surface area contributed by atoms with Crippen LogP contribution >= 0.6 is 24.0 Å². The number of hydrogen-bond acceptors (Lipinski definition) is 3. The number of carbonyl (C=O) groups is 1. The maximum absolute atomic E-state index is 12.3. The number of rotatable bonds is 7. The van der Waals surface area contributed by atoms with Gasteiger partial charge >= 0.3 is 0 Å².